The second kappa shape index (κ2) is 5.24. The molecule has 0 bridgehead atoms. The predicted octanol–water partition coefficient (Wildman–Crippen LogP) is 3.26. The second-order valence-electron chi connectivity index (χ2n) is 4.82. The molecule has 2 aromatic heterocycles. The fraction of sp³-hybridized carbons (Fsp3) is 0.500. The van der Waals surface area contributed by atoms with E-state index in [4.69, 9.17) is 0 Å². The summed E-state index contributed by atoms with van der Waals surface area (Å²) in [6.07, 6.45) is 0. The molecule has 0 saturated heterocycles. The third kappa shape index (κ3) is 2.65. The van der Waals surface area contributed by atoms with Gasteiger partial charge in [0.2, 0.25) is 0 Å². The van der Waals surface area contributed by atoms with Crippen LogP contribution in [-0.4, -0.2) is 9.78 Å². The van der Waals surface area contributed by atoms with Crippen LogP contribution in [0.3, 0.4) is 0 Å². The van der Waals surface area contributed by atoms with Gasteiger partial charge in [0, 0.05) is 40.6 Å². The Morgan fingerprint density at radius 1 is 1.33 bits per heavy atom. The third-order valence-corrected chi connectivity index (χ3v) is 4.62. The summed E-state index contributed by atoms with van der Waals surface area (Å²) >= 11 is 1.86. The predicted molar refractivity (Wildman–Crippen MR) is 77.0 cm³/mol. The molecule has 0 radical (unpaired) electrons. The number of nitrogens with zero attached hydrogens (tertiary/aromatic N) is 2. The lowest BCUT2D eigenvalue weighted by atomic mass is 10.2. The Labute approximate surface area is 113 Å². The van der Waals surface area contributed by atoms with E-state index in [0.717, 1.165) is 12.2 Å². The summed E-state index contributed by atoms with van der Waals surface area (Å²) in [4.78, 5) is 2.76. The number of hydrogen-bond donors (Lipinski definition) is 1. The van der Waals surface area contributed by atoms with Crippen LogP contribution in [0.4, 0.5) is 0 Å². The standard InChI is InChI=1S/C14H21N3S/c1-9-6-7-14(18-9)11(3)15-8-13-10(2)16-17(5)12(13)4/h6-7,11,15H,8H2,1-5H3. The van der Waals surface area contributed by atoms with Gasteiger partial charge < -0.3 is 5.32 Å². The quantitative estimate of drug-likeness (QED) is 0.917. The SMILES string of the molecule is Cc1ccc(C(C)NCc2c(C)nn(C)c2C)s1. The molecule has 0 amide bonds. The van der Waals surface area contributed by atoms with Gasteiger partial charge in [0.05, 0.1) is 5.69 Å². The van der Waals surface area contributed by atoms with Gasteiger partial charge >= 0.3 is 0 Å². The van der Waals surface area contributed by atoms with Crippen molar-refractivity contribution < 1.29 is 0 Å². The number of rotatable bonds is 4. The first-order valence-electron chi connectivity index (χ1n) is 6.28. The van der Waals surface area contributed by atoms with Crippen molar-refractivity contribution in [3.05, 3.63) is 38.8 Å². The van der Waals surface area contributed by atoms with E-state index in [-0.39, 0.29) is 0 Å². The first-order valence-corrected chi connectivity index (χ1v) is 7.09. The van der Waals surface area contributed by atoms with Crippen molar-refractivity contribution in [2.24, 2.45) is 7.05 Å². The van der Waals surface area contributed by atoms with Crippen LogP contribution in [0.5, 0.6) is 0 Å². The van der Waals surface area contributed by atoms with Gasteiger partial charge in [0.1, 0.15) is 0 Å². The molecule has 0 aliphatic heterocycles. The Kier molecular flexibility index (Phi) is 3.88. The molecule has 2 aromatic rings. The van der Waals surface area contributed by atoms with Crippen LogP contribution in [0, 0.1) is 20.8 Å². The highest BCUT2D eigenvalue weighted by atomic mass is 32.1. The summed E-state index contributed by atoms with van der Waals surface area (Å²) in [5.74, 6) is 0. The van der Waals surface area contributed by atoms with E-state index in [2.05, 4.69) is 50.2 Å². The Bertz CT molecular complexity index is 539. The molecule has 0 aliphatic carbocycles. The van der Waals surface area contributed by atoms with Gasteiger partial charge in [-0.2, -0.15) is 5.10 Å². The number of nitrogens with one attached hydrogen (secondary N) is 1. The van der Waals surface area contributed by atoms with E-state index in [1.54, 1.807) is 0 Å². The number of thiophene rings is 1. The zero-order valence-corrected chi connectivity index (χ0v) is 12.6. The fourth-order valence-electron chi connectivity index (χ4n) is 2.12. The normalized spacial score (nSPS) is 12.9. The molecular formula is C14H21N3S. The van der Waals surface area contributed by atoms with Gasteiger partial charge in [-0.15, -0.1) is 11.3 Å². The molecule has 1 atom stereocenters. The molecule has 2 heterocycles. The van der Waals surface area contributed by atoms with Crippen molar-refractivity contribution in [3.8, 4) is 0 Å². The maximum Gasteiger partial charge on any atom is 0.0641 e. The van der Waals surface area contributed by atoms with Crippen LogP contribution in [0.25, 0.3) is 0 Å². The van der Waals surface area contributed by atoms with Gasteiger partial charge in [-0.25, -0.2) is 0 Å². The summed E-state index contributed by atoms with van der Waals surface area (Å²) in [5, 5.41) is 8.03. The molecule has 4 heteroatoms. The topological polar surface area (TPSA) is 29.9 Å². The van der Waals surface area contributed by atoms with Gasteiger partial charge in [0.25, 0.3) is 0 Å². The van der Waals surface area contributed by atoms with Crippen LogP contribution in [0.1, 0.15) is 39.7 Å². The average molecular weight is 263 g/mol. The van der Waals surface area contributed by atoms with Gasteiger partial charge in [-0.3, -0.25) is 4.68 Å². The molecule has 0 spiro atoms. The Morgan fingerprint density at radius 3 is 2.56 bits per heavy atom. The molecule has 98 valence electrons. The summed E-state index contributed by atoms with van der Waals surface area (Å²) in [6, 6.07) is 4.78. The molecule has 0 fully saturated rings. The van der Waals surface area contributed by atoms with Crippen LogP contribution in [0.2, 0.25) is 0 Å². The first kappa shape index (κ1) is 13.3. The molecule has 18 heavy (non-hydrogen) atoms. The molecule has 2 rings (SSSR count). The molecule has 0 aromatic carbocycles. The van der Waals surface area contributed by atoms with Crippen molar-refractivity contribution in [2.45, 2.75) is 40.3 Å². The maximum atomic E-state index is 4.44. The maximum absolute atomic E-state index is 4.44. The van der Waals surface area contributed by atoms with E-state index >= 15 is 0 Å². The molecule has 1 unspecified atom stereocenters. The van der Waals surface area contributed by atoms with E-state index in [1.165, 1.54) is 21.0 Å². The molecule has 3 nitrogen and oxygen atoms in total. The minimum Gasteiger partial charge on any atom is -0.305 e. The minimum absolute atomic E-state index is 0.391. The van der Waals surface area contributed by atoms with Crippen LogP contribution in [0.15, 0.2) is 12.1 Å². The molecule has 1 N–H and O–H groups in total. The van der Waals surface area contributed by atoms with E-state index < -0.39 is 0 Å². The lowest BCUT2D eigenvalue weighted by Gasteiger charge is -2.12. The fourth-order valence-corrected chi connectivity index (χ4v) is 3.02. The highest BCUT2D eigenvalue weighted by Gasteiger charge is 2.12. The van der Waals surface area contributed by atoms with Gasteiger partial charge in [0.15, 0.2) is 0 Å². The van der Waals surface area contributed by atoms with Crippen LogP contribution < -0.4 is 5.32 Å². The Hall–Kier alpha value is -1.13. The van der Waals surface area contributed by atoms with E-state index in [1.807, 2.05) is 23.1 Å². The van der Waals surface area contributed by atoms with E-state index in [0.29, 0.717) is 6.04 Å². The van der Waals surface area contributed by atoms with E-state index in [9.17, 15) is 0 Å². The summed E-state index contributed by atoms with van der Waals surface area (Å²) in [5.41, 5.74) is 3.68. The zero-order chi connectivity index (χ0) is 13.3. The highest BCUT2D eigenvalue weighted by Crippen LogP contribution is 2.23. The largest absolute Gasteiger partial charge is 0.305 e. The van der Waals surface area contributed by atoms with Crippen LogP contribution >= 0.6 is 11.3 Å². The van der Waals surface area contributed by atoms with Gasteiger partial charge in [-0.05, 0) is 39.8 Å². The zero-order valence-electron chi connectivity index (χ0n) is 11.7. The molecular weight excluding hydrogens is 242 g/mol. The smallest absolute Gasteiger partial charge is 0.0641 e. The van der Waals surface area contributed by atoms with Crippen LogP contribution in [-0.2, 0) is 13.6 Å². The monoisotopic (exact) mass is 263 g/mol. The number of aromatic nitrogens is 2. The Morgan fingerprint density at radius 2 is 2.06 bits per heavy atom. The average Bonchev–Trinajstić information content (AvgIpc) is 2.83. The summed E-state index contributed by atoms with van der Waals surface area (Å²) in [7, 11) is 2.00. The van der Waals surface area contributed by atoms with Crippen molar-refractivity contribution in [1.29, 1.82) is 0 Å². The lowest BCUT2D eigenvalue weighted by molar-refractivity contribution is 0.579. The van der Waals surface area contributed by atoms with Crippen molar-refractivity contribution in [2.75, 3.05) is 0 Å². The minimum atomic E-state index is 0.391. The first-order chi connectivity index (χ1) is 8.49. The van der Waals surface area contributed by atoms with Crippen molar-refractivity contribution >= 4 is 11.3 Å². The second-order valence-corrected chi connectivity index (χ2v) is 6.14. The lowest BCUT2D eigenvalue weighted by Crippen LogP contribution is -2.18. The highest BCUT2D eigenvalue weighted by molar-refractivity contribution is 7.12. The Balaban J connectivity index is 2.03. The summed E-state index contributed by atoms with van der Waals surface area (Å²) in [6.45, 7) is 9.44. The number of aryl methyl sites for hydroxylation is 3. The summed E-state index contributed by atoms with van der Waals surface area (Å²) < 4.78 is 1.95. The third-order valence-electron chi connectivity index (χ3n) is 3.43. The molecule has 0 saturated carbocycles. The van der Waals surface area contributed by atoms with Crippen molar-refractivity contribution in [3.63, 3.8) is 0 Å². The van der Waals surface area contributed by atoms with Crippen molar-refractivity contribution in [1.82, 2.24) is 15.1 Å². The van der Waals surface area contributed by atoms with Gasteiger partial charge in [-0.1, -0.05) is 0 Å². The molecule has 0 aliphatic rings. The number of hydrogen-bond acceptors (Lipinski definition) is 3.